The van der Waals surface area contributed by atoms with Crippen LogP contribution >= 0.6 is 0 Å². The van der Waals surface area contributed by atoms with E-state index in [1.165, 1.54) is 6.92 Å². The third-order valence-corrected chi connectivity index (χ3v) is 1.40. The summed E-state index contributed by atoms with van der Waals surface area (Å²) in [5.41, 5.74) is -1.89. The lowest BCUT2D eigenvalue weighted by Gasteiger charge is -2.24. The zero-order valence-electron chi connectivity index (χ0n) is 7.96. The summed E-state index contributed by atoms with van der Waals surface area (Å²) in [6.45, 7) is 5.26. The van der Waals surface area contributed by atoms with Crippen molar-refractivity contribution in [3.8, 4) is 0 Å². The normalized spacial score (nSPS) is 17.5. The van der Waals surface area contributed by atoms with Gasteiger partial charge in [-0.25, -0.2) is 0 Å². The Labute approximate surface area is 73.2 Å². The smallest absolute Gasteiger partial charge is 0.0972 e. The van der Waals surface area contributed by atoms with Gasteiger partial charge in [-0.3, -0.25) is 0 Å². The molecule has 0 fully saturated rings. The summed E-state index contributed by atoms with van der Waals surface area (Å²) in [7, 11) is 0. The standard InChI is InChI=1S/C8H19NO3/c1-7(2,11)4-9-5-8(3,12)6-10/h9-12H,4-6H2,1-3H3. The van der Waals surface area contributed by atoms with Crippen molar-refractivity contribution in [3.05, 3.63) is 0 Å². The molecular formula is C8H19NO3. The van der Waals surface area contributed by atoms with Crippen molar-refractivity contribution in [2.75, 3.05) is 19.7 Å². The van der Waals surface area contributed by atoms with Crippen LogP contribution in [0.3, 0.4) is 0 Å². The maximum Gasteiger partial charge on any atom is 0.0972 e. The Kier molecular flexibility index (Phi) is 4.13. The van der Waals surface area contributed by atoms with Gasteiger partial charge in [-0.05, 0) is 20.8 Å². The average Bonchev–Trinajstić information content (AvgIpc) is 1.84. The second kappa shape index (κ2) is 4.18. The molecule has 4 N–H and O–H groups in total. The summed E-state index contributed by atoms with van der Waals surface area (Å²) in [6, 6.07) is 0. The number of hydrogen-bond acceptors (Lipinski definition) is 4. The van der Waals surface area contributed by atoms with Crippen molar-refractivity contribution < 1.29 is 15.3 Å². The van der Waals surface area contributed by atoms with Crippen LogP contribution in [0.5, 0.6) is 0 Å². The van der Waals surface area contributed by atoms with E-state index in [9.17, 15) is 10.2 Å². The van der Waals surface area contributed by atoms with Gasteiger partial charge in [0.25, 0.3) is 0 Å². The van der Waals surface area contributed by atoms with Crippen molar-refractivity contribution in [2.45, 2.75) is 32.0 Å². The van der Waals surface area contributed by atoms with Crippen LogP contribution in [-0.2, 0) is 0 Å². The third kappa shape index (κ3) is 6.54. The lowest BCUT2D eigenvalue weighted by molar-refractivity contribution is -0.00308. The molecule has 0 saturated carbocycles. The summed E-state index contributed by atoms with van der Waals surface area (Å²) in [4.78, 5) is 0. The fraction of sp³-hybridized carbons (Fsp3) is 1.00. The van der Waals surface area contributed by atoms with E-state index in [0.29, 0.717) is 6.54 Å². The van der Waals surface area contributed by atoms with Gasteiger partial charge < -0.3 is 20.6 Å². The van der Waals surface area contributed by atoms with E-state index in [4.69, 9.17) is 5.11 Å². The molecule has 0 aromatic carbocycles. The van der Waals surface area contributed by atoms with Crippen molar-refractivity contribution in [1.29, 1.82) is 0 Å². The highest BCUT2D eigenvalue weighted by atomic mass is 16.3. The molecule has 4 nitrogen and oxygen atoms in total. The summed E-state index contributed by atoms with van der Waals surface area (Å²) >= 11 is 0. The molecule has 0 rings (SSSR count). The zero-order chi connectivity index (χ0) is 9.83. The highest BCUT2D eigenvalue weighted by Gasteiger charge is 2.20. The Morgan fingerprint density at radius 1 is 1.08 bits per heavy atom. The van der Waals surface area contributed by atoms with Crippen LogP contribution in [0.25, 0.3) is 0 Å². The average molecular weight is 177 g/mol. The minimum Gasteiger partial charge on any atom is -0.393 e. The van der Waals surface area contributed by atoms with Crippen LogP contribution in [0, 0.1) is 0 Å². The Hall–Kier alpha value is -0.160. The van der Waals surface area contributed by atoms with Gasteiger partial charge in [0, 0.05) is 13.1 Å². The Morgan fingerprint density at radius 3 is 1.92 bits per heavy atom. The summed E-state index contributed by atoms with van der Waals surface area (Å²) in [5, 5.41) is 30.1. The second-order valence-corrected chi connectivity index (χ2v) is 4.07. The van der Waals surface area contributed by atoms with E-state index in [1.807, 2.05) is 0 Å². The number of aliphatic hydroxyl groups is 3. The SMILES string of the molecule is CC(C)(O)CNCC(C)(O)CO. The maximum absolute atomic E-state index is 9.33. The first-order chi connectivity index (χ1) is 5.27. The highest BCUT2D eigenvalue weighted by molar-refractivity contribution is 4.77. The molecule has 0 aromatic rings. The van der Waals surface area contributed by atoms with Gasteiger partial charge in [0.05, 0.1) is 17.8 Å². The fourth-order valence-electron chi connectivity index (χ4n) is 0.694. The van der Waals surface area contributed by atoms with Gasteiger partial charge in [-0.1, -0.05) is 0 Å². The van der Waals surface area contributed by atoms with Gasteiger partial charge in [0.1, 0.15) is 0 Å². The maximum atomic E-state index is 9.33. The molecule has 0 aromatic heterocycles. The van der Waals surface area contributed by atoms with E-state index in [1.54, 1.807) is 13.8 Å². The number of aliphatic hydroxyl groups excluding tert-OH is 1. The van der Waals surface area contributed by atoms with Gasteiger partial charge in [0.15, 0.2) is 0 Å². The van der Waals surface area contributed by atoms with Gasteiger partial charge >= 0.3 is 0 Å². The summed E-state index contributed by atoms with van der Waals surface area (Å²) in [5.74, 6) is 0. The lowest BCUT2D eigenvalue weighted by atomic mass is 10.1. The molecule has 0 amide bonds. The van der Waals surface area contributed by atoms with Gasteiger partial charge in [-0.2, -0.15) is 0 Å². The van der Waals surface area contributed by atoms with E-state index in [0.717, 1.165) is 0 Å². The van der Waals surface area contributed by atoms with E-state index in [-0.39, 0.29) is 13.2 Å². The minimum atomic E-state index is -1.11. The Bertz CT molecular complexity index is 129. The molecular weight excluding hydrogens is 158 g/mol. The van der Waals surface area contributed by atoms with Crippen LogP contribution in [0.1, 0.15) is 20.8 Å². The van der Waals surface area contributed by atoms with Crippen molar-refractivity contribution >= 4 is 0 Å². The molecule has 0 aliphatic heterocycles. The largest absolute Gasteiger partial charge is 0.393 e. The van der Waals surface area contributed by atoms with E-state index >= 15 is 0 Å². The Balaban J connectivity index is 3.57. The number of nitrogens with one attached hydrogen (secondary N) is 1. The molecule has 0 radical (unpaired) electrons. The van der Waals surface area contributed by atoms with Crippen LogP contribution < -0.4 is 5.32 Å². The number of hydrogen-bond donors (Lipinski definition) is 4. The van der Waals surface area contributed by atoms with Crippen LogP contribution in [-0.4, -0.2) is 46.2 Å². The molecule has 0 aliphatic rings. The minimum absolute atomic E-state index is 0.271. The molecule has 1 atom stereocenters. The topological polar surface area (TPSA) is 72.7 Å². The molecule has 0 bridgehead atoms. The van der Waals surface area contributed by atoms with Gasteiger partial charge in [-0.15, -0.1) is 0 Å². The molecule has 0 spiro atoms. The summed E-state index contributed by atoms with van der Waals surface area (Å²) < 4.78 is 0. The summed E-state index contributed by atoms with van der Waals surface area (Å²) in [6.07, 6.45) is 0. The Morgan fingerprint density at radius 2 is 1.58 bits per heavy atom. The zero-order valence-corrected chi connectivity index (χ0v) is 7.96. The second-order valence-electron chi connectivity index (χ2n) is 4.07. The lowest BCUT2D eigenvalue weighted by Crippen LogP contribution is -2.45. The highest BCUT2D eigenvalue weighted by Crippen LogP contribution is 2.01. The quantitative estimate of drug-likeness (QED) is 0.439. The molecule has 0 saturated heterocycles. The van der Waals surface area contributed by atoms with E-state index < -0.39 is 11.2 Å². The van der Waals surface area contributed by atoms with Crippen LogP contribution in [0.15, 0.2) is 0 Å². The van der Waals surface area contributed by atoms with Crippen molar-refractivity contribution in [1.82, 2.24) is 5.32 Å². The molecule has 0 aliphatic carbocycles. The molecule has 74 valence electrons. The predicted octanol–water partition coefficient (Wildman–Crippen LogP) is -0.910. The van der Waals surface area contributed by atoms with Crippen molar-refractivity contribution in [2.24, 2.45) is 0 Å². The first-order valence-corrected chi connectivity index (χ1v) is 4.03. The monoisotopic (exact) mass is 177 g/mol. The third-order valence-electron chi connectivity index (χ3n) is 1.40. The van der Waals surface area contributed by atoms with Crippen molar-refractivity contribution in [3.63, 3.8) is 0 Å². The molecule has 1 unspecified atom stereocenters. The molecule has 0 heterocycles. The predicted molar refractivity (Wildman–Crippen MR) is 46.9 cm³/mol. The van der Waals surface area contributed by atoms with E-state index in [2.05, 4.69) is 5.32 Å². The van der Waals surface area contributed by atoms with Gasteiger partial charge in [0.2, 0.25) is 0 Å². The first kappa shape index (κ1) is 11.8. The fourth-order valence-corrected chi connectivity index (χ4v) is 0.694. The van der Waals surface area contributed by atoms with Crippen LogP contribution in [0.4, 0.5) is 0 Å². The molecule has 4 heteroatoms. The number of rotatable bonds is 5. The first-order valence-electron chi connectivity index (χ1n) is 4.03. The molecule has 12 heavy (non-hydrogen) atoms. The van der Waals surface area contributed by atoms with Crippen LogP contribution in [0.2, 0.25) is 0 Å².